The minimum absolute atomic E-state index is 0.175. The Balaban J connectivity index is 1.98. The topological polar surface area (TPSA) is 72.9 Å². The van der Waals surface area contributed by atoms with Crippen molar-refractivity contribution in [1.29, 1.82) is 0 Å². The highest BCUT2D eigenvalue weighted by molar-refractivity contribution is 5.92. The molecule has 0 radical (unpaired) electrons. The van der Waals surface area contributed by atoms with E-state index in [1.807, 2.05) is 14.0 Å². The van der Waals surface area contributed by atoms with Gasteiger partial charge in [-0.2, -0.15) is 5.10 Å². The number of nitrogens with one attached hydrogen (secondary N) is 1. The zero-order chi connectivity index (χ0) is 14.7. The predicted octanol–water partition coefficient (Wildman–Crippen LogP) is 1.26. The molecule has 3 N–H and O–H groups in total. The summed E-state index contributed by atoms with van der Waals surface area (Å²) in [5, 5.41) is 7.29. The first kappa shape index (κ1) is 14.2. The van der Waals surface area contributed by atoms with Crippen molar-refractivity contribution in [3.63, 3.8) is 0 Å². The largest absolute Gasteiger partial charge is 0.366 e. The van der Waals surface area contributed by atoms with Crippen LogP contribution in [0.3, 0.4) is 0 Å². The minimum atomic E-state index is -0.630. The molecule has 0 saturated carbocycles. The summed E-state index contributed by atoms with van der Waals surface area (Å²) in [4.78, 5) is 10.9. The SMILES string of the molecule is Cc1c(CNCc2ccc(C(N)=O)cc2F)cnn1C. The molecular weight excluding hydrogens is 259 g/mol. The van der Waals surface area contributed by atoms with Crippen molar-refractivity contribution < 1.29 is 9.18 Å². The predicted molar refractivity (Wildman–Crippen MR) is 73.4 cm³/mol. The van der Waals surface area contributed by atoms with Crippen LogP contribution in [0.25, 0.3) is 0 Å². The molecule has 0 aliphatic heterocycles. The number of nitrogens with two attached hydrogens (primary N) is 1. The molecule has 0 aliphatic rings. The third kappa shape index (κ3) is 3.03. The Morgan fingerprint density at radius 2 is 2.10 bits per heavy atom. The summed E-state index contributed by atoms with van der Waals surface area (Å²) in [6, 6.07) is 4.25. The van der Waals surface area contributed by atoms with Gasteiger partial charge < -0.3 is 11.1 Å². The van der Waals surface area contributed by atoms with Gasteiger partial charge in [-0.25, -0.2) is 4.39 Å². The molecule has 0 bridgehead atoms. The van der Waals surface area contributed by atoms with Crippen LogP contribution in [-0.2, 0) is 20.1 Å². The number of aryl methyl sites for hydroxylation is 1. The fraction of sp³-hybridized carbons (Fsp3) is 0.286. The summed E-state index contributed by atoms with van der Waals surface area (Å²) in [6.45, 7) is 2.96. The Bertz CT molecular complexity index is 636. The highest BCUT2D eigenvalue weighted by Gasteiger charge is 2.08. The van der Waals surface area contributed by atoms with E-state index in [9.17, 15) is 9.18 Å². The van der Waals surface area contributed by atoms with E-state index >= 15 is 0 Å². The van der Waals surface area contributed by atoms with Crippen molar-refractivity contribution >= 4 is 5.91 Å². The monoisotopic (exact) mass is 276 g/mol. The van der Waals surface area contributed by atoms with Gasteiger partial charge in [-0.3, -0.25) is 9.48 Å². The van der Waals surface area contributed by atoms with Crippen LogP contribution in [0.15, 0.2) is 24.4 Å². The van der Waals surface area contributed by atoms with Crippen molar-refractivity contribution in [2.75, 3.05) is 0 Å². The smallest absolute Gasteiger partial charge is 0.248 e. The van der Waals surface area contributed by atoms with Crippen molar-refractivity contribution in [3.8, 4) is 0 Å². The van der Waals surface area contributed by atoms with Crippen LogP contribution in [0.5, 0.6) is 0 Å². The summed E-state index contributed by atoms with van der Waals surface area (Å²) in [5.74, 6) is -1.06. The van der Waals surface area contributed by atoms with Gasteiger partial charge in [0.15, 0.2) is 0 Å². The summed E-state index contributed by atoms with van der Waals surface area (Å²) in [5.41, 5.74) is 7.91. The van der Waals surface area contributed by atoms with Crippen LogP contribution >= 0.6 is 0 Å². The molecule has 6 heteroatoms. The lowest BCUT2D eigenvalue weighted by atomic mass is 10.1. The Hall–Kier alpha value is -2.21. The van der Waals surface area contributed by atoms with Crippen molar-refractivity contribution in [2.24, 2.45) is 12.8 Å². The number of halogens is 1. The van der Waals surface area contributed by atoms with Crippen molar-refractivity contribution in [1.82, 2.24) is 15.1 Å². The molecular formula is C14H17FN4O. The molecule has 0 spiro atoms. The van der Waals surface area contributed by atoms with Gasteiger partial charge in [-0.15, -0.1) is 0 Å². The number of primary amides is 1. The first-order valence-corrected chi connectivity index (χ1v) is 6.25. The molecule has 1 aromatic heterocycles. The number of aromatic nitrogens is 2. The molecule has 1 heterocycles. The Labute approximate surface area is 116 Å². The number of rotatable bonds is 5. The van der Waals surface area contributed by atoms with Gasteiger partial charge in [-0.05, 0) is 19.1 Å². The van der Waals surface area contributed by atoms with Gasteiger partial charge in [-0.1, -0.05) is 6.07 Å². The second kappa shape index (κ2) is 5.83. The first-order chi connectivity index (χ1) is 9.49. The quantitative estimate of drug-likeness (QED) is 0.863. The zero-order valence-electron chi connectivity index (χ0n) is 11.5. The summed E-state index contributed by atoms with van der Waals surface area (Å²) >= 11 is 0. The normalized spacial score (nSPS) is 10.8. The van der Waals surface area contributed by atoms with Gasteiger partial charge in [0.1, 0.15) is 5.82 Å². The number of nitrogens with zero attached hydrogens (tertiary/aromatic N) is 2. The lowest BCUT2D eigenvalue weighted by Crippen LogP contribution is -2.16. The maximum Gasteiger partial charge on any atom is 0.248 e. The molecule has 0 unspecified atom stereocenters. The van der Waals surface area contributed by atoms with Crippen LogP contribution in [0.1, 0.15) is 27.2 Å². The first-order valence-electron chi connectivity index (χ1n) is 6.25. The fourth-order valence-corrected chi connectivity index (χ4v) is 1.89. The standard InChI is InChI=1S/C14H17FN4O/c1-9-12(8-18-19(9)2)7-17-6-11-4-3-10(14(16)20)5-13(11)15/h3-5,8,17H,6-7H2,1-2H3,(H2,16,20). The Morgan fingerprint density at radius 1 is 1.40 bits per heavy atom. The van der Waals surface area contributed by atoms with E-state index in [0.29, 0.717) is 18.7 Å². The summed E-state index contributed by atoms with van der Waals surface area (Å²) < 4.78 is 15.5. The zero-order valence-corrected chi connectivity index (χ0v) is 11.5. The second-order valence-electron chi connectivity index (χ2n) is 4.65. The number of hydrogen-bond acceptors (Lipinski definition) is 3. The molecule has 2 aromatic rings. The summed E-state index contributed by atoms with van der Waals surface area (Å²) in [7, 11) is 1.88. The lowest BCUT2D eigenvalue weighted by molar-refractivity contribution is 0.1000. The van der Waals surface area contributed by atoms with Crippen LogP contribution in [-0.4, -0.2) is 15.7 Å². The van der Waals surface area contributed by atoms with Gasteiger partial charge >= 0.3 is 0 Å². The lowest BCUT2D eigenvalue weighted by Gasteiger charge is -2.07. The average molecular weight is 276 g/mol. The van der Waals surface area contributed by atoms with Crippen LogP contribution in [0.2, 0.25) is 0 Å². The van der Waals surface area contributed by atoms with Gasteiger partial charge in [0.2, 0.25) is 5.91 Å². The molecule has 0 fully saturated rings. The molecule has 20 heavy (non-hydrogen) atoms. The highest BCUT2D eigenvalue weighted by Crippen LogP contribution is 2.11. The van der Waals surface area contributed by atoms with Crippen LogP contribution in [0, 0.1) is 12.7 Å². The van der Waals surface area contributed by atoms with E-state index in [2.05, 4.69) is 10.4 Å². The van der Waals surface area contributed by atoms with Gasteiger partial charge in [0, 0.05) is 42.5 Å². The fourth-order valence-electron chi connectivity index (χ4n) is 1.89. The van der Waals surface area contributed by atoms with E-state index in [1.165, 1.54) is 6.07 Å². The number of carbonyl (C=O) groups is 1. The third-order valence-corrected chi connectivity index (χ3v) is 3.31. The van der Waals surface area contributed by atoms with Crippen molar-refractivity contribution in [2.45, 2.75) is 20.0 Å². The summed E-state index contributed by atoms with van der Waals surface area (Å²) in [6.07, 6.45) is 1.79. The van der Waals surface area contributed by atoms with E-state index in [4.69, 9.17) is 5.73 Å². The molecule has 0 saturated heterocycles. The molecule has 1 aromatic carbocycles. The average Bonchev–Trinajstić information content (AvgIpc) is 2.72. The Kier molecular flexibility index (Phi) is 4.14. The number of benzene rings is 1. The van der Waals surface area contributed by atoms with Gasteiger partial charge in [0.05, 0.1) is 6.20 Å². The van der Waals surface area contributed by atoms with E-state index in [0.717, 1.165) is 17.3 Å². The molecule has 106 valence electrons. The molecule has 2 rings (SSSR count). The van der Waals surface area contributed by atoms with E-state index in [1.54, 1.807) is 16.9 Å². The van der Waals surface area contributed by atoms with Gasteiger partial charge in [0.25, 0.3) is 0 Å². The minimum Gasteiger partial charge on any atom is -0.366 e. The number of amides is 1. The Morgan fingerprint density at radius 3 is 2.65 bits per heavy atom. The highest BCUT2D eigenvalue weighted by atomic mass is 19.1. The third-order valence-electron chi connectivity index (χ3n) is 3.31. The van der Waals surface area contributed by atoms with E-state index in [-0.39, 0.29) is 5.56 Å². The maximum absolute atomic E-state index is 13.8. The number of hydrogen-bond donors (Lipinski definition) is 2. The molecule has 0 atom stereocenters. The molecule has 1 amide bonds. The van der Waals surface area contributed by atoms with Crippen LogP contribution < -0.4 is 11.1 Å². The number of carbonyl (C=O) groups excluding carboxylic acids is 1. The van der Waals surface area contributed by atoms with E-state index < -0.39 is 11.7 Å². The molecule has 0 aliphatic carbocycles. The maximum atomic E-state index is 13.8. The van der Waals surface area contributed by atoms with Crippen LogP contribution in [0.4, 0.5) is 4.39 Å². The van der Waals surface area contributed by atoms with Crippen molar-refractivity contribution in [3.05, 3.63) is 52.6 Å². The second-order valence-corrected chi connectivity index (χ2v) is 4.65. The molecule has 5 nitrogen and oxygen atoms in total.